The zero-order valence-electron chi connectivity index (χ0n) is 10.4. The van der Waals surface area contributed by atoms with Gasteiger partial charge >= 0.3 is 0 Å². The van der Waals surface area contributed by atoms with Gasteiger partial charge in [-0.15, -0.1) is 0 Å². The van der Waals surface area contributed by atoms with Crippen molar-refractivity contribution in [2.75, 3.05) is 7.11 Å². The normalized spacial score (nSPS) is 10.8. The van der Waals surface area contributed by atoms with Crippen molar-refractivity contribution in [2.24, 2.45) is 0 Å². The first kappa shape index (κ1) is 11.7. The number of rotatable bonds is 3. The molecule has 5 nitrogen and oxygen atoms in total. The minimum Gasteiger partial charge on any atom is -0.497 e. The summed E-state index contributed by atoms with van der Waals surface area (Å²) < 4.78 is 7.08. The van der Waals surface area contributed by atoms with E-state index in [1.807, 2.05) is 29.0 Å². The Morgan fingerprint density at radius 1 is 1.26 bits per heavy atom. The predicted octanol–water partition coefficient (Wildman–Crippen LogP) is 1.92. The maximum atomic E-state index is 9.46. The summed E-state index contributed by atoms with van der Waals surface area (Å²) in [5.74, 6) is 1.34. The van der Waals surface area contributed by atoms with Crippen molar-refractivity contribution in [3.63, 3.8) is 0 Å². The van der Waals surface area contributed by atoms with Crippen molar-refractivity contribution in [3.05, 3.63) is 48.4 Å². The van der Waals surface area contributed by atoms with E-state index in [2.05, 4.69) is 9.97 Å². The van der Waals surface area contributed by atoms with E-state index in [1.54, 1.807) is 25.6 Å². The molecular weight excluding hydrogens is 242 g/mol. The van der Waals surface area contributed by atoms with E-state index in [4.69, 9.17) is 4.74 Å². The van der Waals surface area contributed by atoms with Crippen LogP contribution in [0.1, 0.15) is 5.56 Å². The Morgan fingerprint density at radius 2 is 2.05 bits per heavy atom. The molecule has 1 aromatic carbocycles. The minimum atomic E-state index is -0.0382. The Balaban J connectivity index is 2.27. The fourth-order valence-corrected chi connectivity index (χ4v) is 2.11. The van der Waals surface area contributed by atoms with Crippen molar-refractivity contribution in [2.45, 2.75) is 6.61 Å². The monoisotopic (exact) mass is 255 g/mol. The number of hydrogen-bond acceptors (Lipinski definition) is 4. The van der Waals surface area contributed by atoms with E-state index in [9.17, 15) is 5.11 Å². The van der Waals surface area contributed by atoms with Gasteiger partial charge in [0.15, 0.2) is 0 Å². The molecular formula is C14H13N3O2. The number of aromatic nitrogens is 3. The number of aliphatic hydroxyl groups is 1. The average molecular weight is 255 g/mol. The van der Waals surface area contributed by atoms with Gasteiger partial charge in [0.1, 0.15) is 5.75 Å². The van der Waals surface area contributed by atoms with E-state index in [1.165, 1.54) is 0 Å². The Bertz CT molecular complexity index is 707. The van der Waals surface area contributed by atoms with Crippen LogP contribution in [0.15, 0.2) is 42.9 Å². The number of fused-ring (bicyclic) bond motifs is 1. The van der Waals surface area contributed by atoms with Gasteiger partial charge in [0.25, 0.3) is 0 Å². The van der Waals surface area contributed by atoms with Crippen molar-refractivity contribution < 1.29 is 9.84 Å². The Hall–Kier alpha value is -2.40. The molecule has 1 N–H and O–H groups in total. The summed E-state index contributed by atoms with van der Waals surface area (Å²) in [5.41, 5.74) is 1.76. The van der Waals surface area contributed by atoms with Crippen LogP contribution in [0, 0.1) is 0 Å². The fourth-order valence-electron chi connectivity index (χ4n) is 2.11. The molecule has 0 aliphatic carbocycles. The molecule has 96 valence electrons. The summed E-state index contributed by atoms with van der Waals surface area (Å²) in [5, 5.41) is 10.4. The van der Waals surface area contributed by atoms with Crippen molar-refractivity contribution in [1.29, 1.82) is 0 Å². The van der Waals surface area contributed by atoms with Gasteiger partial charge in [-0.05, 0) is 24.3 Å². The quantitative estimate of drug-likeness (QED) is 0.776. The second-order valence-corrected chi connectivity index (χ2v) is 4.11. The van der Waals surface area contributed by atoms with E-state index in [0.717, 1.165) is 22.2 Å². The van der Waals surface area contributed by atoms with Gasteiger partial charge in [0.2, 0.25) is 5.95 Å². The number of benzene rings is 1. The number of aliphatic hydroxyl groups excluding tert-OH is 1. The largest absolute Gasteiger partial charge is 0.497 e. The van der Waals surface area contributed by atoms with E-state index in [0.29, 0.717) is 5.95 Å². The predicted molar refractivity (Wildman–Crippen MR) is 71.3 cm³/mol. The molecule has 0 fully saturated rings. The summed E-state index contributed by atoms with van der Waals surface area (Å²) in [6, 6.07) is 7.48. The van der Waals surface area contributed by atoms with Crippen LogP contribution in [0.2, 0.25) is 0 Å². The Labute approximate surface area is 110 Å². The van der Waals surface area contributed by atoms with Gasteiger partial charge in [-0.2, -0.15) is 0 Å². The molecule has 5 heteroatoms. The number of hydrogen-bond donors (Lipinski definition) is 1. The summed E-state index contributed by atoms with van der Waals surface area (Å²) in [6.45, 7) is -0.0382. The highest BCUT2D eigenvalue weighted by Gasteiger charge is 2.11. The molecule has 19 heavy (non-hydrogen) atoms. The maximum Gasteiger partial charge on any atom is 0.234 e. The summed E-state index contributed by atoms with van der Waals surface area (Å²) in [4.78, 5) is 8.46. The second kappa shape index (κ2) is 4.70. The SMILES string of the molecule is COc1ccc2c(c1)c(CO)cn2-c1ncccn1. The van der Waals surface area contributed by atoms with Crippen molar-refractivity contribution in [1.82, 2.24) is 14.5 Å². The van der Waals surface area contributed by atoms with Crippen LogP contribution < -0.4 is 4.74 Å². The average Bonchev–Trinajstić information content (AvgIpc) is 2.86. The standard InChI is InChI=1S/C14H13N3O2/c1-19-11-3-4-13-12(7-11)10(9-18)8-17(13)14-15-5-2-6-16-14/h2-8,18H,9H2,1H3. The fraction of sp³-hybridized carbons (Fsp3) is 0.143. The Morgan fingerprint density at radius 3 is 2.74 bits per heavy atom. The lowest BCUT2D eigenvalue weighted by Crippen LogP contribution is -1.98. The van der Waals surface area contributed by atoms with Gasteiger partial charge in [0.05, 0.1) is 19.2 Å². The van der Waals surface area contributed by atoms with Crippen LogP contribution in [0.4, 0.5) is 0 Å². The molecule has 3 aromatic rings. The van der Waals surface area contributed by atoms with Gasteiger partial charge < -0.3 is 9.84 Å². The van der Waals surface area contributed by atoms with Crippen LogP contribution in [0.5, 0.6) is 5.75 Å². The molecule has 0 saturated carbocycles. The lowest BCUT2D eigenvalue weighted by molar-refractivity contribution is 0.283. The second-order valence-electron chi connectivity index (χ2n) is 4.11. The lowest BCUT2D eigenvalue weighted by Gasteiger charge is -2.03. The smallest absolute Gasteiger partial charge is 0.234 e. The number of ether oxygens (including phenoxy) is 1. The maximum absolute atomic E-state index is 9.46. The molecule has 0 radical (unpaired) electrons. The zero-order chi connectivity index (χ0) is 13.2. The molecule has 0 unspecified atom stereocenters. The minimum absolute atomic E-state index is 0.0382. The van der Waals surface area contributed by atoms with Gasteiger partial charge in [-0.3, -0.25) is 4.57 Å². The van der Waals surface area contributed by atoms with Crippen molar-refractivity contribution in [3.8, 4) is 11.7 Å². The van der Waals surface area contributed by atoms with Crippen LogP contribution in [-0.4, -0.2) is 26.8 Å². The van der Waals surface area contributed by atoms with Crippen molar-refractivity contribution >= 4 is 10.9 Å². The van der Waals surface area contributed by atoms with E-state index < -0.39 is 0 Å². The zero-order valence-corrected chi connectivity index (χ0v) is 10.4. The van der Waals surface area contributed by atoms with Gasteiger partial charge in [0, 0.05) is 29.5 Å². The Kier molecular flexibility index (Phi) is 2.89. The summed E-state index contributed by atoms with van der Waals surface area (Å²) >= 11 is 0. The molecule has 2 aromatic heterocycles. The molecule has 0 bridgehead atoms. The summed E-state index contributed by atoms with van der Waals surface area (Å²) in [6.07, 6.45) is 5.23. The molecule has 2 heterocycles. The molecule has 0 aliphatic heterocycles. The summed E-state index contributed by atoms with van der Waals surface area (Å²) in [7, 11) is 1.62. The third-order valence-electron chi connectivity index (χ3n) is 3.03. The topological polar surface area (TPSA) is 60.2 Å². The van der Waals surface area contributed by atoms with Crippen LogP contribution in [0.25, 0.3) is 16.9 Å². The first-order chi connectivity index (χ1) is 9.33. The third-order valence-corrected chi connectivity index (χ3v) is 3.03. The van der Waals surface area contributed by atoms with Crippen LogP contribution >= 0.6 is 0 Å². The van der Waals surface area contributed by atoms with E-state index >= 15 is 0 Å². The third kappa shape index (κ3) is 1.94. The highest BCUT2D eigenvalue weighted by atomic mass is 16.5. The first-order valence-electron chi connectivity index (χ1n) is 5.89. The molecule has 0 amide bonds. The highest BCUT2D eigenvalue weighted by molar-refractivity contribution is 5.86. The van der Waals surface area contributed by atoms with Crippen LogP contribution in [-0.2, 0) is 6.61 Å². The molecule has 0 aliphatic rings. The molecule has 0 saturated heterocycles. The van der Waals surface area contributed by atoms with Crippen LogP contribution in [0.3, 0.4) is 0 Å². The van der Waals surface area contributed by atoms with Gasteiger partial charge in [-0.1, -0.05) is 0 Å². The number of nitrogens with zero attached hydrogens (tertiary/aromatic N) is 3. The highest BCUT2D eigenvalue weighted by Crippen LogP contribution is 2.27. The molecule has 3 rings (SSSR count). The molecule has 0 atom stereocenters. The van der Waals surface area contributed by atoms with Gasteiger partial charge in [-0.25, -0.2) is 9.97 Å². The van der Waals surface area contributed by atoms with E-state index in [-0.39, 0.29) is 6.61 Å². The first-order valence-corrected chi connectivity index (χ1v) is 5.89. The lowest BCUT2D eigenvalue weighted by atomic mass is 10.2. The molecule has 0 spiro atoms. The number of methoxy groups -OCH3 is 1.